The van der Waals surface area contributed by atoms with Crippen molar-refractivity contribution in [2.24, 2.45) is 0 Å². The van der Waals surface area contributed by atoms with Crippen molar-refractivity contribution in [2.45, 2.75) is 0 Å². The highest BCUT2D eigenvalue weighted by molar-refractivity contribution is 14.2. The minimum Gasteiger partial charge on any atom is -0.230 e. The van der Waals surface area contributed by atoms with Crippen molar-refractivity contribution in [3.63, 3.8) is 0 Å². The van der Waals surface area contributed by atoms with Crippen LogP contribution in [0.4, 0.5) is 8.78 Å². The van der Waals surface area contributed by atoms with Gasteiger partial charge in [-0.3, -0.25) is 0 Å². The van der Waals surface area contributed by atoms with Crippen molar-refractivity contribution in [3.05, 3.63) is 33.4 Å². The Morgan fingerprint density at radius 1 is 1.18 bits per heavy atom. The molecule has 0 amide bonds. The quantitative estimate of drug-likeness (QED) is 0.580. The molecule has 0 aliphatic heterocycles. The van der Waals surface area contributed by atoms with E-state index < -0.39 is 35.0 Å². The second kappa shape index (κ2) is 3.21. The van der Waals surface area contributed by atoms with Gasteiger partial charge in [-0.15, -0.1) is 0 Å². The highest BCUT2D eigenvalue weighted by atomic mass is 127. The number of hydrogen-bond donors (Lipinski definition) is 0. The second-order valence-corrected chi connectivity index (χ2v) is 4.18. The lowest BCUT2D eigenvalue weighted by atomic mass is 10.3. The predicted octanol–water partition coefficient (Wildman–Crippen LogP) is 2.33. The lowest BCUT2D eigenvalue weighted by Gasteiger charge is -1.90. The largest absolute Gasteiger partial charge is 0.343 e. The molecule has 0 aliphatic carbocycles. The third-order valence-corrected chi connectivity index (χ3v) is 2.87. The molecule has 0 aliphatic rings. The molecule has 0 bridgehead atoms. The van der Waals surface area contributed by atoms with Gasteiger partial charge in [0.1, 0.15) is 15.2 Å². The van der Waals surface area contributed by atoms with Crippen LogP contribution in [0.25, 0.3) is 0 Å². The topological polar surface area (TPSA) is 34.1 Å². The Morgan fingerprint density at radius 2 is 1.82 bits per heavy atom. The Bertz CT molecular complexity index is 338. The first-order valence-corrected chi connectivity index (χ1v) is 5.45. The first-order chi connectivity index (χ1) is 5.11. The molecular weight excluding hydrogens is 269 g/mol. The van der Waals surface area contributed by atoms with Gasteiger partial charge < -0.3 is 0 Å². The fourth-order valence-corrected chi connectivity index (χ4v) is 1.65. The van der Waals surface area contributed by atoms with E-state index in [2.05, 4.69) is 0 Å². The zero-order valence-corrected chi connectivity index (χ0v) is 7.34. The van der Waals surface area contributed by atoms with E-state index in [1.54, 1.807) is 0 Å². The molecule has 0 spiro atoms. The molecule has 5 heteroatoms. The molecule has 0 aromatic heterocycles. The SMILES string of the molecule is O=I(=O)c1ccc(F)cc1F. The van der Waals surface area contributed by atoms with E-state index in [0.717, 1.165) is 12.1 Å². The standard InChI is InChI=1S/C6H3F2IO2/c7-4-1-2-6(9(10)11)5(8)3-4/h1-3H. The summed E-state index contributed by atoms with van der Waals surface area (Å²) in [4.78, 5) is 0. The zero-order valence-electron chi connectivity index (χ0n) is 5.18. The Balaban J connectivity index is 3.31. The average molecular weight is 272 g/mol. The first-order valence-electron chi connectivity index (χ1n) is 2.61. The third kappa shape index (κ3) is 1.92. The summed E-state index contributed by atoms with van der Waals surface area (Å²) < 4.78 is 44.9. The van der Waals surface area contributed by atoms with Crippen LogP contribution in [-0.4, -0.2) is 0 Å². The highest BCUT2D eigenvalue weighted by Gasteiger charge is 2.06. The predicted molar refractivity (Wildman–Crippen MR) is 40.4 cm³/mol. The van der Waals surface area contributed by atoms with Crippen LogP contribution >= 0.6 is 19.8 Å². The van der Waals surface area contributed by atoms with E-state index in [9.17, 15) is 14.9 Å². The van der Waals surface area contributed by atoms with E-state index >= 15 is 0 Å². The molecule has 1 aromatic carbocycles. The van der Waals surface area contributed by atoms with Gasteiger partial charge in [0.05, 0.1) is 0 Å². The molecule has 0 unspecified atom stereocenters. The van der Waals surface area contributed by atoms with Crippen LogP contribution in [0.15, 0.2) is 18.2 Å². The first kappa shape index (κ1) is 8.51. The van der Waals surface area contributed by atoms with Crippen LogP contribution in [0, 0.1) is 15.2 Å². The molecule has 1 rings (SSSR count). The van der Waals surface area contributed by atoms with Crippen molar-refractivity contribution in [2.75, 3.05) is 0 Å². The summed E-state index contributed by atoms with van der Waals surface area (Å²) >= 11 is -3.79. The maximum Gasteiger partial charge on any atom is 0.343 e. The molecule has 2 nitrogen and oxygen atoms in total. The van der Waals surface area contributed by atoms with Crippen molar-refractivity contribution >= 4 is 19.8 Å². The molecule has 0 atom stereocenters. The van der Waals surface area contributed by atoms with Crippen LogP contribution in [-0.2, 0) is 6.14 Å². The summed E-state index contributed by atoms with van der Waals surface area (Å²) in [5.74, 6) is -1.79. The van der Waals surface area contributed by atoms with Gasteiger partial charge in [0.15, 0.2) is 0 Å². The smallest absolute Gasteiger partial charge is 0.230 e. The number of halogens is 3. The number of rotatable bonds is 1. The van der Waals surface area contributed by atoms with E-state index in [0.29, 0.717) is 6.07 Å². The molecule has 0 saturated carbocycles. The Kier molecular flexibility index (Phi) is 2.48. The molecule has 11 heavy (non-hydrogen) atoms. The fourth-order valence-electron chi connectivity index (χ4n) is 0.596. The third-order valence-electron chi connectivity index (χ3n) is 1.05. The van der Waals surface area contributed by atoms with Crippen LogP contribution in [0.3, 0.4) is 0 Å². The minimum atomic E-state index is -3.79. The Morgan fingerprint density at radius 3 is 2.27 bits per heavy atom. The van der Waals surface area contributed by atoms with Gasteiger partial charge in [0.2, 0.25) is 0 Å². The van der Waals surface area contributed by atoms with Gasteiger partial charge in [-0.25, -0.2) is 14.9 Å². The van der Waals surface area contributed by atoms with E-state index in [1.807, 2.05) is 0 Å². The summed E-state index contributed by atoms with van der Waals surface area (Å²) in [6.45, 7) is 0. The molecule has 1 aromatic rings. The number of benzene rings is 1. The zero-order chi connectivity index (χ0) is 8.43. The molecule has 0 saturated heterocycles. The second-order valence-electron chi connectivity index (χ2n) is 1.78. The lowest BCUT2D eigenvalue weighted by molar-refractivity contribution is 0.576. The fraction of sp³-hybridized carbons (Fsp3) is 0. The normalized spacial score (nSPS) is 10.5. The van der Waals surface area contributed by atoms with Gasteiger partial charge in [-0.05, 0) is 12.1 Å². The lowest BCUT2D eigenvalue weighted by Crippen LogP contribution is -1.83. The molecule has 0 radical (unpaired) electrons. The molecule has 60 valence electrons. The summed E-state index contributed by atoms with van der Waals surface area (Å²) in [7, 11) is 0. The van der Waals surface area contributed by atoms with E-state index in [1.165, 1.54) is 0 Å². The van der Waals surface area contributed by atoms with E-state index in [-0.39, 0.29) is 0 Å². The van der Waals surface area contributed by atoms with Crippen molar-refractivity contribution in [3.8, 4) is 0 Å². The van der Waals surface area contributed by atoms with Gasteiger partial charge in [-0.1, -0.05) is 0 Å². The molecule has 0 heterocycles. The Hall–Kier alpha value is -0.590. The number of hydrogen-bond acceptors (Lipinski definition) is 2. The maximum atomic E-state index is 12.5. The van der Waals surface area contributed by atoms with Crippen molar-refractivity contribution in [1.82, 2.24) is 0 Å². The van der Waals surface area contributed by atoms with Gasteiger partial charge in [0, 0.05) is 6.07 Å². The van der Waals surface area contributed by atoms with Crippen LogP contribution < -0.4 is 0 Å². The van der Waals surface area contributed by atoms with Crippen LogP contribution in [0.1, 0.15) is 0 Å². The molecule has 0 fully saturated rings. The summed E-state index contributed by atoms with van der Waals surface area (Å²) in [5, 5.41) is 0. The van der Waals surface area contributed by atoms with Crippen molar-refractivity contribution in [1.29, 1.82) is 0 Å². The highest BCUT2D eigenvalue weighted by Crippen LogP contribution is 2.20. The Labute approximate surface area is 68.4 Å². The van der Waals surface area contributed by atoms with Gasteiger partial charge in [0.25, 0.3) is 0 Å². The average Bonchev–Trinajstić information content (AvgIpc) is 1.85. The molecule has 0 N–H and O–H groups in total. The monoisotopic (exact) mass is 272 g/mol. The summed E-state index contributed by atoms with van der Waals surface area (Å²) in [5.41, 5.74) is 0. The summed E-state index contributed by atoms with van der Waals surface area (Å²) in [6, 6.07) is 2.39. The van der Waals surface area contributed by atoms with Crippen molar-refractivity contribution < 1.29 is 14.9 Å². The van der Waals surface area contributed by atoms with Crippen LogP contribution in [0.2, 0.25) is 0 Å². The van der Waals surface area contributed by atoms with E-state index in [4.69, 9.17) is 0 Å². The van der Waals surface area contributed by atoms with Gasteiger partial charge >= 0.3 is 19.8 Å². The maximum absolute atomic E-state index is 12.5. The van der Waals surface area contributed by atoms with Crippen LogP contribution in [0.5, 0.6) is 0 Å². The molecular formula is C6H3F2IO2. The van der Waals surface area contributed by atoms with Gasteiger partial charge in [-0.2, -0.15) is 0 Å². The minimum absolute atomic E-state index is 0.393. The summed E-state index contributed by atoms with van der Waals surface area (Å²) in [6.07, 6.45) is 0.